The van der Waals surface area contributed by atoms with Crippen LogP contribution in [0.15, 0.2) is 11.1 Å². The number of nitrogens with zero attached hydrogens (tertiary/aromatic N) is 1. The maximum absolute atomic E-state index is 14.0. The Morgan fingerprint density at radius 1 is 1.15 bits per heavy atom. The molecule has 1 aromatic carbocycles. The van der Waals surface area contributed by atoms with Crippen LogP contribution in [-0.2, 0) is 27.5 Å². The fourth-order valence-electron chi connectivity index (χ4n) is 2.99. The molecule has 0 aromatic heterocycles. The summed E-state index contributed by atoms with van der Waals surface area (Å²) in [6.07, 6.45) is 1.40. The molecule has 0 aliphatic heterocycles. The summed E-state index contributed by atoms with van der Waals surface area (Å²) in [5, 5.41) is 8.60. The van der Waals surface area contributed by atoms with Gasteiger partial charge in [-0.25, -0.2) is 17.6 Å². The first-order valence-corrected chi connectivity index (χ1v) is 8.22. The van der Waals surface area contributed by atoms with Crippen LogP contribution in [0.4, 0.5) is 17.6 Å². The van der Waals surface area contributed by atoms with Crippen molar-refractivity contribution in [1.82, 2.24) is 0 Å². The van der Waals surface area contributed by atoms with E-state index >= 15 is 0 Å². The van der Waals surface area contributed by atoms with Crippen molar-refractivity contribution in [3.05, 3.63) is 45.5 Å². The van der Waals surface area contributed by atoms with E-state index in [-0.39, 0.29) is 5.03 Å². The lowest BCUT2D eigenvalue weighted by atomic mass is 10.1. The molecule has 0 radical (unpaired) electrons. The third kappa shape index (κ3) is 3.94. The fraction of sp³-hybridized carbons (Fsp3) is 0.444. The zero-order chi connectivity index (χ0) is 20.5. The van der Waals surface area contributed by atoms with Crippen LogP contribution < -0.4 is 0 Å². The van der Waals surface area contributed by atoms with Crippen molar-refractivity contribution in [3.63, 3.8) is 0 Å². The normalized spacial score (nSPS) is 20.9. The number of rotatable bonds is 6. The molecule has 0 amide bonds. The highest BCUT2D eigenvalue weighted by Crippen LogP contribution is 2.60. The molecule has 1 aromatic rings. The highest BCUT2D eigenvalue weighted by molar-refractivity contribution is 6.31. The number of ether oxygens (including phenoxy) is 2. The molecule has 9 heteroatoms. The molecule has 1 aliphatic carbocycles. The average molecular weight is 406 g/mol. The van der Waals surface area contributed by atoms with Gasteiger partial charge in [0.15, 0.2) is 23.3 Å². The minimum atomic E-state index is -1.65. The SMILES string of the molecule is COCc1c(F)c(F)c(COC(=O)C2C(/C=C(/Cl)C#N)C2(C)C)c(F)c1F. The van der Waals surface area contributed by atoms with Crippen molar-refractivity contribution < 1.29 is 31.8 Å². The maximum Gasteiger partial charge on any atom is 0.310 e. The lowest BCUT2D eigenvalue weighted by Gasteiger charge is -2.12. The van der Waals surface area contributed by atoms with Gasteiger partial charge in [-0.2, -0.15) is 5.26 Å². The highest BCUT2D eigenvalue weighted by atomic mass is 35.5. The lowest BCUT2D eigenvalue weighted by Crippen LogP contribution is -2.15. The summed E-state index contributed by atoms with van der Waals surface area (Å²) in [7, 11) is 1.12. The Labute approximate surface area is 158 Å². The summed E-state index contributed by atoms with van der Waals surface area (Å²) in [4.78, 5) is 12.2. The number of benzene rings is 1. The highest BCUT2D eigenvalue weighted by Gasteiger charge is 2.61. The number of carbonyl (C=O) groups is 1. The zero-order valence-electron chi connectivity index (χ0n) is 14.7. The first kappa shape index (κ1) is 21.2. The van der Waals surface area contributed by atoms with E-state index in [1.165, 1.54) is 6.08 Å². The summed E-state index contributed by atoms with van der Waals surface area (Å²) in [5.74, 6) is -8.41. The van der Waals surface area contributed by atoms with Gasteiger partial charge >= 0.3 is 5.97 Å². The topological polar surface area (TPSA) is 59.3 Å². The first-order valence-electron chi connectivity index (χ1n) is 7.84. The molecule has 0 bridgehead atoms. The van der Waals surface area contributed by atoms with Gasteiger partial charge in [0.1, 0.15) is 17.7 Å². The molecule has 0 N–H and O–H groups in total. The Morgan fingerprint density at radius 2 is 1.63 bits per heavy atom. The lowest BCUT2D eigenvalue weighted by molar-refractivity contribution is -0.147. The first-order chi connectivity index (χ1) is 12.6. The largest absolute Gasteiger partial charge is 0.460 e. The predicted octanol–water partition coefficient (Wildman–Crippen LogP) is 4.35. The van der Waals surface area contributed by atoms with Crippen molar-refractivity contribution in [3.8, 4) is 6.07 Å². The van der Waals surface area contributed by atoms with E-state index in [1.54, 1.807) is 19.9 Å². The Morgan fingerprint density at radius 3 is 2.07 bits per heavy atom. The number of hydrogen-bond acceptors (Lipinski definition) is 4. The van der Waals surface area contributed by atoms with Gasteiger partial charge in [-0.05, 0) is 11.3 Å². The molecule has 2 rings (SSSR count). The van der Waals surface area contributed by atoms with Gasteiger partial charge < -0.3 is 9.47 Å². The smallest absolute Gasteiger partial charge is 0.310 e. The average Bonchev–Trinajstić information content (AvgIpc) is 3.16. The van der Waals surface area contributed by atoms with Crippen LogP contribution in [0.2, 0.25) is 0 Å². The Kier molecular flexibility index (Phi) is 6.17. The molecule has 0 heterocycles. The Balaban J connectivity index is 2.18. The van der Waals surface area contributed by atoms with Gasteiger partial charge in [0.05, 0.1) is 23.7 Å². The molecule has 1 fully saturated rings. The molecule has 4 nitrogen and oxygen atoms in total. The third-order valence-corrected chi connectivity index (χ3v) is 4.90. The van der Waals surface area contributed by atoms with Crippen molar-refractivity contribution in [1.29, 1.82) is 5.26 Å². The monoisotopic (exact) mass is 405 g/mol. The molecule has 146 valence electrons. The number of esters is 1. The number of methoxy groups -OCH3 is 1. The number of carbonyl (C=O) groups excluding carboxylic acids is 1. The van der Waals surface area contributed by atoms with Gasteiger partial charge in [0, 0.05) is 7.11 Å². The second-order valence-electron chi connectivity index (χ2n) is 6.70. The predicted molar refractivity (Wildman–Crippen MR) is 87.1 cm³/mol. The number of allylic oxidation sites excluding steroid dienone is 2. The second kappa shape index (κ2) is 7.87. The van der Waals surface area contributed by atoms with E-state index in [0.717, 1.165) is 7.11 Å². The van der Waals surface area contributed by atoms with Gasteiger partial charge in [0.2, 0.25) is 0 Å². The number of halogens is 5. The summed E-state index contributed by atoms with van der Waals surface area (Å²) >= 11 is 5.64. The van der Waals surface area contributed by atoms with Gasteiger partial charge in [-0.3, -0.25) is 4.79 Å². The Hall–Kier alpha value is -2.11. The van der Waals surface area contributed by atoms with Gasteiger partial charge in [-0.15, -0.1) is 0 Å². The second-order valence-corrected chi connectivity index (χ2v) is 7.11. The molecule has 2 unspecified atom stereocenters. The molecule has 0 spiro atoms. The molecule has 1 saturated carbocycles. The summed E-state index contributed by atoms with van der Waals surface area (Å²) < 4.78 is 65.3. The maximum atomic E-state index is 14.0. The minimum absolute atomic E-state index is 0.0988. The summed E-state index contributed by atoms with van der Waals surface area (Å²) in [6, 6.07) is 1.72. The zero-order valence-corrected chi connectivity index (χ0v) is 15.5. The molecule has 27 heavy (non-hydrogen) atoms. The molecule has 0 saturated heterocycles. The van der Waals surface area contributed by atoms with Gasteiger partial charge in [0.25, 0.3) is 0 Å². The molecule has 1 aliphatic rings. The van der Waals surface area contributed by atoms with E-state index in [1.807, 2.05) is 0 Å². The van der Waals surface area contributed by atoms with E-state index in [2.05, 4.69) is 4.74 Å². The molecule has 2 atom stereocenters. The fourth-order valence-corrected chi connectivity index (χ4v) is 3.12. The van der Waals surface area contributed by atoms with Crippen LogP contribution in [-0.4, -0.2) is 13.1 Å². The van der Waals surface area contributed by atoms with E-state index < -0.39 is 70.8 Å². The van der Waals surface area contributed by atoms with E-state index in [9.17, 15) is 22.4 Å². The molecular formula is C18H16ClF4NO3. The van der Waals surface area contributed by atoms with Crippen LogP contribution in [0, 0.1) is 51.9 Å². The van der Waals surface area contributed by atoms with Crippen LogP contribution >= 0.6 is 11.6 Å². The standard InChI is InChI=1S/C18H16ClF4NO3/c1-18(2)11(4-8(19)5-24)12(18)17(25)27-7-10-15(22)13(20)9(6-26-3)14(21)16(10)23/h4,11-12H,6-7H2,1-3H3/b8-4+. The summed E-state index contributed by atoms with van der Waals surface area (Å²) in [5.41, 5.74) is -2.50. The number of nitriles is 1. The van der Waals surface area contributed by atoms with Crippen molar-refractivity contribution in [2.45, 2.75) is 27.1 Å². The van der Waals surface area contributed by atoms with Crippen molar-refractivity contribution >= 4 is 17.6 Å². The van der Waals surface area contributed by atoms with Crippen LogP contribution in [0.1, 0.15) is 25.0 Å². The van der Waals surface area contributed by atoms with E-state index in [0.29, 0.717) is 0 Å². The van der Waals surface area contributed by atoms with E-state index in [4.69, 9.17) is 21.6 Å². The third-order valence-electron chi connectivity index (χ3n) is 4.69. The number of hydrogen-bond donors (Lipinski definition) is 0. The summed E-state index contributed by atoms with van der Waals surface area (Å²) in [6.45, 7) is 1.81. The Bertz CT molecular complexity index is 819. The minimum Gasteiger partial charge on any atom is -0.460 e. The van der Waals surface area contributed by atoms with Gasteiger partial charge in [-0.1, -0.05) is 31.5 Å². The van der Waals surface area contributed by atoms with Crippen LogP contribution in [0.25, 0.3) is 0 Å². The molecular weight excluding hydrogens is 390 g/mol. The van der Waals surface area contributed by atoms with Crippen LogP contribution in [0.5, 0.6) is 0 Å². The van der Waals surface area contributed by atoms with Crippen molar-refractivity contribution in [2.24, 2.45) is 17.3 Å². The van der Waals surface area contributed by atoms with Crippen molar-refractivity contribution in [2.75, 3.05) is 7.11 Å². The van der Waals surface area contributed by atoms with Crippen LogP contribution in [0.3, 0.4) is 0 Å². The quantitative estimate of drug-likeness (QED) is 0.305.